The molecule has 0 heterocycles. The van der Waals surface area contributed by atoms with Crippen molar-refractivity contribution < 1.29 is 15.3 Å². The average molecular weight is 850 g/mol. The molecule has 0 aliphatic carbocycles. The van der Waals surface area contributed by atoms with Crippen LogP contribution >= 0.6 is 0 Å². The van der Waals surface area contributed by atoms with Gasteiger partial charge < -0.3 is 15.3 Å². The molecule has 362 valence electrons. The second kappa shape index (κ2) is 48.3. The highest BCUT2D eigenvalue weighted by Crippen LogP contribution is 2.37. The Balaban J connectivity index is 4.45. The van der Waals surface area contributed by atoms with Crippen LogP contribution in [0.2, 0.25) is 0 Å². The van der Waals surface area contributed by atoms with E-state index in [1.807, 2.05) is 0 Å². The van der Waals surface area contributed by atoms with Gasteiger partial charge in [-0.05, 0) is 19.3 Å². The van der Waals surface area contributed by atoms with Gasteiger partial charge in [-0.15, -0.1) is 0 Å². The maximum Gasteiger partial charge on any atom is 0.116 e. The zero-order valence-corrected chi connectivity index (χ0v) is 42.1. The predicted octanol–water partition coefficient (Wildman–Crippen LogP) is 19.4. The van der Waals surface area contributed by atoms with Crippen LogP contribution in [-0.2, 0) is 0 Å². The molecule has 3 heteroatoms. The van der Waals surface area contributed by atoms with E-state index >= 15 is 0 Å². The molecule has 0 aromatic rings. The van der Waals surface area contributed by atoms with E-state index in [9.17, 15) is 15.3 Å². The van der Waals surface area contributed by atoms with Gasteiger partial charge in [0.2, 0.25) is 0 Å². The van der Waals surface area contributed by atoms with Crippen LogP contribution in [0.5, 0.6) is 0 Å². The van der Waals surface area contributed by atoms with Crippen LogP contribution in [0.25, 0.3) is 0 Å². The lowest BCUT2D eigenvalue weighted by Gasteiger charge is -2.43. The van der Waals surface area contributed by atoms with Crippen molar-refractivity contribution in [2.24, 2.45) is 0 Å². The minimum atomic E-state index is -1.38. The van der Waals surface area contributed by atoms with Crippen molar-refractivity contribution in [2.45, 2.75) is 359 Å². The van der Waals surface area contributed by atoms with Crippen molar-refractivity contribution in [1.82, 2.24) is 0 Å². The highest BCUT2D eigenvalue weighted by atomic mass is 16.4. The highest BCUT2D eigenvalue weighted by Gasteiger charge is 2.47. The monoisotopic (exact) mass is 849 g/mol. The maximum absolute atomic E-state index is 12.2. The smallest absolute Gasteiger partial charge is 0.116 e. The molecule has 60 heavy (non-hydrogen) atoms. The van der Waals surface area contributed by atoms with E-state index in [1.54, 1.807) is 0 Å². The molecule has 0 radical (unpaired) electrons. The summed E-state index contributed by atoms with van der Waals surface area (Å²) in [5.41, 5.74) is -2.56. The lowest BCUT2D eigenvalue weighted by Crippen LogP contribution is -2.56. The molecule has 0 aromatic heterocycles. The summed E-state index contributed by atoms with van der Waals surface area (Å²) in [7, 11) is 0. The van der Waals surface area contributed by atoms with Crippen molar-refractivity contribution >= 4 is 0 Å². The number of rotatable bonds is 53. The van der Waals surface area contributed by atoms with Crippen molar-refractivity contribution in [3.63, 3.8) is 0 Å². The van der Waals surface area contributed by atoms with E-state index in [2.05, 4.69) is 20.8 Å². The van der Waals surface area contributed by atoms with Gasteiger partial charge in [0.25, 0.3) is 0 Å². The molecular formula is C57H116O3. The fraction of sp³-hybridized carbons (Fsp3) is 1.00. The van der Waals surface area contributed by atoms with Gasteiger partial charge in [0.1, 0.15) is 5.60 Å². The third-order valence-electron chi connectivity index (χ3n) is 14.5. The summed E-state index contributed by atoms with van der Waals surface area (Å²) in [6.45, 7) is 6.57. The number of hydrogen-bond donors (Lipinski definition) is 3. The van der Waals surface area contributed by atoms with E-state index < -0.39 is 11.2 Å². The first-order chi connectivity index (χ1) is 29.5. The first-order valence-corrected chi connectivity index (χ1v) is 28.5. The van der Waals surface area contributed by atoms with Crippen LogP contribution in [0.1, 0.15) is 348 Å². The summed E-state index contributed by atoms with van der Waals surface area (Å²) < 4.78 is 0. The van der Waals surface area contributed by atoms with Crippen LogP contribution < -0.4 is 0 Å². The largest absolute Gasteiger partial charge is 0.393 e. The number of aliphatic hydroxyl groups excluding tert-OH is 1. The van der Waals surface area contributed by atoms with Gasteiger partial charge in [0.05, 0.1) is 12.2 Å². The lowest BCUT2D eigenvalue weighted by atomic mass is 9.73. The van der Waals surface area contributed by atoms with Crippen LogP contribution in [0.15, 0.2) is 0 Å². The Morgan fingerprint density at radius 2 is 0.333 bits per heavy atom. The predicted molar refractivity (Wildman–Crippen MR) is 269 cm³/mol. The van der Waals surface area contributed by atoms with Gasteiger partial charge in [-0.3, -0.25) is 0 Å². The van der Waals surface area contributed by atoms with E-state index in [4.69, 9.17) is 0 Å². The summed E-state index contributed by atoms with van der Waals surface area (Å²) in [5, 5.41) is 34.7. The summed E-state index contributed by atoms with van der Waals surface area (Å²) in [6, 6.07) is 0. The Bertz CT molecular complexity index is 747. The molecule has 0 amide bonds. The van der Waals surface area contributed by atoms with E-state index in [0.717, 1.165) is 38.5 Å². The molecule has 0 saturated carbocycles. The van der Waals surface area contributed by atoms with Gasteiger partial charge in [-0.2, -0.15) is 0 Å². The summed E-state index contributed by atoms with van der Waals surface area (Å²) >= 11 is 0. The molecule has 3 nitrogen and oxygen atoms in total. The molecule has 3 N–H and O–H groups in total. The van der Waals surface area contributed by atoms with Crippen LogP contribution in [0, 0.1) is 0 Å². The van der Waals surface area contributed by atoms with E-state index in [0.29, 0.717) is 19.3 Å². The van der Waals surface area contributed by atoms with Gasteiger partial charge in [-0.1, -0.05) is 329 Å². The minimum Gasteiger partial charge on any atom is -0.393 e. The lowest BCUT2D eigenvalue weighted by molar-refractivity contribution is -0.185. The maximum atomic E-state index is 12.2. The van der Waals surface area contributed by atoms with Crippen molar-refractivity contribution in [3.8, 4) is 0 Å². The quantitative estimate of drug-likeness (QED) is 0.0534. The normalized spacial score (nSPS) is 13.1. The zero-order chi connectivity index (χ0) is 43.8. The van der Waals surface area contributed by atoms with Gasteiger partial charge >= 0.3 is 0 Å². The van der Waals surface area contributed by atoms with E-state index in [-0.39, 0.29) is 6.61 Å². The summed E-state index contributed by atoms with van der Waals surface area (Å²) in [5.74, 6) is 0. The highest BCUT2D eigenvalue weighted by molar-refractivity contribution is 4.99. The second-order valence-corrected chi connectivity index (χ2v) is 20.4. The Kier molecular flexibility index (Phi) is 48.2. The molecule has 0 saturated heterocycles. The third kappa shape index (κ3) is 39.5. The summed E-state index contributed by atoms with van der Waals surface area (Å²) in [6.07, 6.45) is 65.8. The topological polar surface area (TPSA) is 60.7 Å². The molecule has 0 rings (SSSR count). The van der Waals surface area contributed by atoms with Crippen LogP contribution in [0.4, 0.5) is 0 Å². The number of aliphatic hydroxyl groups is 3. The zero-order valence-electron chi connectivity index (χ0n) is 42.1. The Hall–Kier alpha value is -0.120. The molecule has 0 spiro atoms. The molecule has 1 atom stereocenters. The summed E-state index contributed by atoms with van der Waals surface area (Å²) in [4.78, 5) is 0. The van der Waals surface area contributed by atoms with E-state index in [1.165, 1.54) is 270 Å². The SMILES string of the molecule is CCCCCCCCCCCCCCCCCCC(O)(CO)C(O)(CCCCCCCCCCCCCCCCCC)CCCCCCCCCCCCCCCCCC. The van der Waals surface area contributed by atoms with Crippen molar-refractivity contribution in [1.29, 1.82) is 0 Å². The average Bonchev–Trinajstić information content (AvgIpc) is 3.25. The standard InChI is InChI=1S/C57H116O3/c1-4-7-10-13-16-19-22-25-28-31-34-37-40-43-46-49-52-56(59,53-50-47-44-41-38-35-32-29-26-23-20-17-14-11-8-5-2)57(60,55-58)54-51-48-45-42-39-36-33-30-27-24-21-18-15-12-9-6-3/h58-60H,4-55H2,1-3H3. The first-order valence-electron chi connectivity index (χ1n) is 28.5. The number of unbranched alkanes of at least 4 members (excludes halogenated alkanes) is 45. The van der Waals surface area contributed by atoms with Crippen molar-refractivity contribution in [2.75, 3.05) is 6.61 Å². The first kappa shape index (κ1) is 59.9. The van der Waals surface area contributed by atoms with Gasteiger partial charge in [-0.25, -0.2) is 0 Å². The fourth-order valence-corrected chi connectivity index (χ4v) is 9.95. The van der Waals surface area contributed by atoms with Crippen LogP contribution in [0.3, 0.4) is 0 Å². The molecule has 0 aromatic carbocycles. The molecule has 0 bridgehead atoms. The van der Waals surface area contributed by atoms with Gasteiger partial charge in [0.15, 0.2) is 0 Å². The molecule has 0 fully saturated rings. The molecule has 0 aliphatic rings. The third-order valence-corrected chi connectivity index (χ3v) is 14.5. The Morgan fingerprint density at radius 3 is 0.483 bits per heavy atom. The second-order valence-electron chi connectivity index (χ2n) is 20.4. The minimum absolute atomic E-state index is 0.319. The molecule has 1 unspecified atom stereocenters. The van der Waals surface area contributed by atoms with Gasteiger partial charge in [0, 0.05) is 0 Å². The Labute approximate surface area is 380 Å². The number of hydrogen-bond acceptors (Lipinski definition) is 3. The molecular weight excluding hydrogens is 733 g/mol. The fourth-order valence-electron chi connectivity index (χ4n) is 9.95. The Morgan fingerprint density at radius 1 is 0.200 bits per heavy atom. The van der Waals surface area contributed by atoms with Crippen LogP contribution in [-0.4, -0.2) is 33.1 Å². The molecule has 0 aliphatic heterocycles. The van der Waals surface area contributed by atoms with Crippen molar-refractivity contribution in [3.05, 3.63) is 0 Å².